The first kappa shape index (κ1) is 12.2. The zero-order valence-electron chi connectivity index (χ0n) is 7.97. The fourth-order valence-electron chi connectivity index (χ4n) is 1.31. The van der Waals surface area contributed by atoms with Crippen molar-refractivity contribution in [2.24, 2.45) is 5.73 Å². The van der Waals surface area contributed by atoms with Gasteiger partial charge in [0.1, 0.15) is 5.75 Å². The van der Waals surface area contributed by atoms with Crippen molar-refractivity contribution in [3.05, 3.63) is 0 Å². The van der Waals surface area contributed by atoms with Gasteiger partial charge in [0.05, 0.1) is 4.99 Å². The van der Waals surface area contributed by atoms with Gasteiger partial charge in [-0.2, -0.15) is 16.1 Å². The SMILES string of the molecule is CC1CN(S(=O)(=O)CC(N)=S)CCS1. The van der Waals surface area contributed by atoms with Crippen molar-refractivity contribution in [1.29, 1.82) is 0 Å². The second-order valence-corrected chi connectivity index (χ2v) is 7.30. The molecule has 1 atom stereocenters. The van der Waals surface area contributed by atoms with E-state index >= 15 is 0 Å². The minimum Gasteiger partial charge on any atom is -0.392 e. The molecular weight excluding hydrogens is 240 g/mol. The molecule has 1 saturated heterocycles. The van der Waals surface area contributed by atoms with E-state index in [0.717, 1.165) is 5.75 Å². The third-order valence-electron chi connectivity index (χ3n) is 1.92. The van der Waals surface area contributed by atoms with Gasteiger partial charge in [0.15, 0.2) is 0 Å². The van der Waals surface area contributed by atoms with E-state index in [9.17, 15) is 8.42 Å². The van der Waals surface area contributed by atoms with Gasteiger partial charge in [0.2, 0.25) is 10.0 Å². The van der Waals surface area contributed by atoms with Gasteiger partial charge in [0.25, 0.3) is 0 Å². The first-order chi connectivity index (χ1) is 6.42. The molecule has 14 heavy (non-hydrogen) atoms. The Morgan fingerprint density at radius 2 is 2.36 bits per heavy atom. The first-order valence-electron chi connectivity index (χ1n) is 4.29. The van der Waals surface area contributed by atoms with E-state index in [1.165, 1.54) is 4.31 Å². The van der Waals surface area contributed by atoms with Crippen LogP contribution in [0.15, 0.2) is 0 Å². The van der Waals surface area contributed by atoms with Gasteiger partial charge in [-0.25, -0.2) is 8.42 Å². The predicted octanol–water partition coefficient (Wildman–Crippen LogP) is 0.0396. The lowest BCUT2D eigenvalue weighted by molar-refractivity contribution is 0.427. The van der Waals surface area contributed by atoms with Crippen LogP contribution in [0.4, 0.5) is 0 Å². The highest BCUT2D eigenvalue weighted by Crippen LogP contribution is 2.20. The summed E-state index contributed by atoms with van der Waals surface area (Å²) in [5.41, 5.74) is 5.24. The third kappa shape index (κ3) is 3.38. The van der Waals surface area contributed by atoms with Gasteiger partial charge in [-0.05, 0) is 0 Å². The van der Waals surface area contributed by atoms with E-state index in [1.807, 2.05) is 6.92 Å². The molecule has 0 aliphatic carbocycles. The molecular formula is C7H14N2O2S3. The zero-order chi connectivity index (χ0) is 10.8. The summed E-state index contributed by atoms with van der Waals surface area (Å²) in [5, 5.41) is 0.352. The summed E-state index contributed by atoms with van der Waals surface area (Å²) in [4.78, 5) is 0.0379. The van der Waals surface area contributed by atoms with Crippen LogP contribution in [-0.4, -0.2) is 47.6 Å². The van der Waals surface area contributed by atoms with E-state index in [0.29, 0.717) is 18.3 Å². The number of thiocarbonyl (C=S) groups is 1. The summed E-state index contributed by atoms with van der Waals surface area (Å²) in [6, 6.07) is 0. The standard InChI is InChI=1S/C7H14N2O2S3/c1-6-4-9(2-3-13-6)14(10,11)5-7(8)12/h6H,2-5H2,1H3,(H2,8,12). The number of rotatable bonds is 3. The van der Waals surface area contributed by atoms with Gasteiger partial charge < -0.3 is 5.73 Å². The molecule has 1 heterocycles. The highest BCUT2D eigenvalue weighted by Gasteiger charge is 2.27. The molecule has 0 aromatic carbocycles. The van der Waals surface area contributed by atoms with Crippen LogP contribution in [-0.2, 0) is 10.0 Å². The fraction of sp³-hybridized carbons (Fsp3) is 0.857. The maximum atomic E-state index is 11.7. The molecule has 0 aromatic rings. The molecule has 1 rings (SSSR count). The first-order valence-corrected chi connectivity index (χ1v) is 7.36. The summed E-state index contributed by atoms with van der Waals surface area (Å²) in [7, 11) is -3.26. The van der Waals surface area contributed by atoms with E-state index in [-0.39, 0.29) is 10.7 Å². The molecule has 2 N–H and O–H groups in total. The van der Waals surface area contributed by atoms with Crippen LogP contribution in [0, 0.1) is 0 Å². The number of nitrogens with two attached hydrogens (primary N) is 1. The van der Waals surface area contributed by atoms with E-state index in [1.54, 1.807) is 11.8 Å². The third-order valence-corrected chi connectivity index (χ3v) is 5.18. The van der Waals surface area contributed by atoms with Crippen LogP contribution in [0.2, 0.25) is 0 Å². The second kappa shape index (κ2) is 4.78. The van der Waals surface area contributed by atoms with Gasteiger partial charge in [0, 0.05) is 24.1 Å². The molecule has 0 saturated carbocycles. The van der Waals surface area contributed by atoms with Crippen molar-refractivity contribution in [1.82, 2.24) is 4.31 Å². The van der Waals surface area contributed by atoms with Gasteiger partial charge in [-0.1, -0.05) is 19.1 Å². The van der Waals surface area contributed by atoms with Gasteiger partial charge in [-0.15, -0.1) is 0 Å². The lowest BCUT2D eigenvalue weighted by atomic mass is 10.4. The molecule has 1 unspecified atom stereocenters. The summed E-state index contributed by atoms with van der Waals surface area (Å²) in [6.07, 6.45) is 0. The lowest BCUT2D eigenvalue weighted by Gasteiger charge is -2.29. The smallest absolute Gasteiger partial charge is 0.220 e. The van der Waals surface area contributed by atoms with E-state index in [4.69, 9.17) is 5.73 Å². The number of thioether (sulfide) groups is 1. The molecule has 1 aliphatic heterocycles. The molecule has 1 aliphatic rings. The van der Waals surface area contributed by atoms with Crippen LogP contribution in [0.25, 0.3) is 0 Å². The van der Waals surface area contributed by atoms with Gasteiger partial charge >= 0.3 is 0 Å². The van der Waals surface area contributed by atoms with Crippen molar-refractivity contribution in [3.8, 4) is 0 Å². The van der Waals surface area contributed by atoms with Crippen LogP contribution in [0.3, 0.4) is 0 Å². The molecule has 7 heteroatoms. The molecule has 0 amide bonds. The Morgan fingerprint density at radius 1 is 1.71 bits per heavy atom. The molecule has 0 spiro atoms. The predicted molar refractivity (Wildman–Crippen MR) is 64.1 cm³/mol. The number of hydrogen-bond acceptors (Lipinski definition) is 4. The summed E-state index contributed by atoms with van der Waals surface area (Å²) < 4.78 is 24.9. The Bertz CT molecular complexity index is 315. The van der Waals surface area contributed by atoms with Crippen molar-refractivity contribution in [2.45, 2.75) is 12.2 Å². The Kier molecular flexibility index (Phi) is 4.17. The Labute approximate surface area is 94.3 Å². The Balaban J connectivity index is 2.67. The number of hydrogen-bond donors (Lipinski definition) is 1. The van der Waals surface area contributed by atoms with Crippen LogP contribution in [0.1, 0.15) is 6.92 Å². The van der Waals surface area contributed by atoms with Crippen LogP contribution >= 0.6 is 24.0 Å². The molecule has 4 nitrogen and oxygen atoms in total. The number of nitrogens with zero attached hydrogens (tertiary/aromatic N) is 1. The zero-order valence-corrected chi connectivity index (χ0v) is 10.4. The highest BCUT2D eigenvalue weighted by molar-refractivity contribution is 8.00. The molecule has 82 valence electrons. The second-order valence-electron chi connectivity index (χ2n) is 3.26. The topological polar surface area (TPSA) is 63.4 Å². The van der Waals surface area contributed by atoms with E-state index < -0.39 is 10.0 Å². The monoisotopic (exact) mass is 254 g/mol. The normalized spacial score (nSPS) is 24.8. The minimum absolute atomic E-state index is 0.0379. The maximum Gasteiger partial charge on any atom is 0.220 e. The van der Waals surface area contributed by atoms with Crippen LogP contribution < -0.4 is 5.73 Å². The Hall–Kier alpha value is 0.150. The maximum absolute atomic E-state index is 11.7. The number of sulfonamides is 1. The quantitative estimate of drug-likeness (QED) is 0.721. The molecule has 0 bridgehead atoms. The average molecular weight is 254 g/mol. The minimum atomic E-state index is -3.26. The summed E-state index contributed by atoms with van der Waals surface area (Å²) >= 11 is 6.40. The molecule has 0 aromatic heterocycles. The summed E-state index contributed by atoms with van der Waals surface area (Å²) in [5.74, 6) is 0.636. The van der Waals surface area contributed by atoms with Gasteiger partial charge in [-0.3, -0.25) is 0 Å². The summed E-state index contributed by atoms with van der Waals surface area (Å²) in [6.45, 7) is 3.16. The Morgan fingerprint density at radius 3 is 2.86 bits per heavy atom. The lowest BCUT2D eigenvalue weighted by Crippen LogP contribution is -2.44. The molecule has 1 fully saturated rings. The molecule has 0 radical (unpaired) electrons. The largest absolute Gasteiger partial charge is 0.392 e. The van der Waals surface area contributed by atoms with Crippen molar-refractivity contribution in [3.63, 3.8) is 0 Å². The highest BCUT2D eigenvalue weighted by atomic mass is 32.2. The van der Waals surface area contributed by atoms with Crippen molar-refractivity contribution >= 4 is 39.0 Å². The van der Waals surface area contributed by atoms with E-state index in [2.05, 4.69) is 12.2 Å². The van der Waals surface area contributed by atoms with Crippen LogP contribution in [0.5, 0.6) is 0 Å². The average Bonchev–Trinajstić information content (AvgIpc) is 2.01. The fourth-order valence-corrected chi connectivity index (χ4v) is 4.34. The van der Waals surface area contributed by atoms with Crippen molar-refractivity contribution in [2.75, 3.05) is 24.6 Å². The van der Waals surface area contributed by atoms with Crippen molar-refractivity contribution < 1.29 is 8.42 Å².